The third kappa shape index (κ3) is 23.4. The number of β-amino-alcohol motifs (C(OH)–C–C–N with tert-alkyl or cyclic N) is 1. The number of aliphatic hydroxyl groups excluding tert-OH is 7. The van der Waals surface area contributed by atoms with Crippen molar-refractivity contribution in [1.82, 2.24) is 9.80 Å². The normalized spacial score (nSPS) is 31.2. The molecule has 454 valence electrons. The summed E-state index contributed by atoms with van der Waals surface area (Å²) in [4.78, 5) is 75.7. The third-order valence-electron chi connectivity index (χ3n) is 14.7. The molecule has 78 heavy (non-hydrogen) atoms. The summed E-state index contributed by atoms with van der Waals surface area (Å²) in [5.74, 6) is -1.40. The Bertz CT molecular complexity index is 1900. The van der Waals surface area contributed by atoms with Crippen LogP contribution in [0.4, 0.5) is 0 Å². The van der Waals surface area contributed by atoms with Gasteiger partial charge in [0.2, 0.25) is 11.8 Å². The molecule has 4 rings (SSSR count). The summed E-state index contributed by atoms with van der Waals surface area (Å²) in [5.41, 5.74) is 0. The highest BCUT2D eigenvalue weighted by molar-refractivity contribution is 7.47. The molecule has 12 unspecified atom stereocenters. The van der Waals surface area contributed by atoms with Gasteiger partial charge in [0.15, 0.2) is 12.6 Å². The van der Waals surface area contributed by atoms with Gasteiger partial charge in [-0.05, 0) is 78.1 Å². The van der Waals surface area contributed by atoms with E-state index in [-0.39, 0.29) is 75.4 Å². The average Bonchev–Trinajstić information content (AvgIpc) is 3.98. The number of phosphoric acid groups is 2. The molecule has 9 N–H and O–H groups in total. The molecule has 27 heteroatoms. The lowest BCUT2D eigenvalue weighted by molar-refractivity contribution is -0.282. The summed E-state index contributed by atoms with van der Waals surface area (Å²) in [6, 6.07) is -1.54. The van der Waals surface area contributed by atoms with Crippen molar-refractivity contribution in [1.29, 1.82) is 0 Å². The minimum absolute atomic E-state index is 0.0163. The number of amides is 2. The quantitative estimate of drug-likeness (QED) is 0.0317. The van der Waals surface area contributed by atoms with Gasteiger partial charge >= 0.3 is 15.6 Å². The molecule has 2 amide bonds. The Morgan fingerprint density at radius 1 is 0.551 bits per heavy atom. The maximum atomic E-state index is 13.6. The SMILES string of the molecule is CC(C)OP(=O)(O)OC[C@@H]1C[C@@H](OP(=O)(O)OC[C@@H]2C[C@@H](O)CN2C(=O)CCCCCCC(=O)CCCCOC2OC(CO)C(O)C(O)C2C)CN1C(=O)CCCCCCC(=O)CCCCOC1OC(CO)C(O)C(O)C1C. The van der Waals surface area contributed by atoms with Crippen LogP contribution in [0.15, 0.2) is 0 Å². The molecule has 0 bridgehead atoms. The first-order valence-corrected chi connectivity index (χ1v) is 31.0. The number of ketones is 2. The molecule has 4 aliphatic heterocycles. The first-order chi connectivity index (χ1) is 36.9. The third-order valence-corrected chi connectivity index (χ3v) is 16.9. The monoisotopic (exact) mass is 1160 g/mol. The van der Waals surface area contributed by atoms with Crippen molar-refractivity contribution in [2.75, 3.05) is 52.7 Å². The van der Waals surface area contributed by atoms with Crippen LogP contribution in [-0.2, 0) is 65.4 Å². The number of Topliss-reactive ketones (excluding diaryl/α,β-unsaturated/α-hetero) is 2. The number of nitrogens with zero attached hydrogens (tertiary/aromatic N) is 2. The van der Waals surface area contributed by atoms with Crippen molar-refractivity contribution in [3.05, 3.63) is 0 Å². The van der Waals surface area contributed by atoms with Crippen molar-refractivity contribution >= 4 is 39.0 Å². The number of carbonyl (C=O) groups is 4. The Morgan fingerprint density at radius 3 is 1.38 bits per heavy atom. The molecular weight excluding hydrogens is 1070 g/mol. The average molecular weight is 1160 g/mol. The lowest BCUT2D eigenvalue weighted by Gasteiger charge is -2.40. The van der Waals surface area contributed by atoms with Crippen molar-refractivity contribution in [3.8, 4) is 0 Å². The molecule has 0 radical (unpaired) electrons. The summed E-state index contributed by atoms with van der Waals surface area (Å²) in [5, 5.41) is 69.7. The standard InChI is InChI=1S/C51H92N2O23P2/c1-33(2)75-77(65,66)71-32-37-26-41(28-53(37)45(60)22-12-8-6-10-18-39(57)20-14-16-24-70-51-35(4)47(62)49(64)43(30-55)74-51)76-78(67,68)72-31-36-25-40(58)27-52(36)44(59)21-11-7-5-9-17-38(56)19-13-15-23-69-50-34(3)46(61)48(63)42(29-54)73-50/h33-37,40-43,46-51,54-55,58,61-64H,5-32H2,1-4H3,(H,65,66)(H,67,68)/t34?,35?,36-,37-,40+,41+,42?,43?,46?,47?,48?,49?,50?,51?/m0/s1. The number of unbranched alkanes of at least 4 members (excludes halogenated alkanes) is 8. The molecule has 16 atom stereocenters. The summed E-state index contributed by atoms with van der Waals surface area (Å²) >= 11 is 0. The molecule has 0 aromatic heterocycles. The van der Waals surface area contributed by atoms with Gasteiger partial charge in [-0.25, -0.2) is 9.13 Å². The maximum absolute atomic E-state index is 13.6. The van der Waals surface area contributed by atoms with Gasteiger partial charge in [0.05, 0.1) is 69.0 Å². The van der Waals surface area contributed by atoms with Crippen molar-refractivity contribution < 1.29 is 111 Å². The molecular formula is C51H92N2O23P2. The van der Waals surface area contributed by atoms with Gasteiger partial charge in [-0.2, -0.15) is 0 Å². The van der Waals surface area contributed by atoms with Gasteiger partial charge < -0.3 is 74.3 Å². The van der Waals surface area contributed by atoms with E-state index in [0.29, 0.717) is 96.3 Å². The molecule has 4 aliphatic rings. The summed E-state index contributed by atoms with van der Waals surface area (Å²) in [6.07, 6.45) is -1.49. The largest absolute Gasteiger partial charge is 0.472 e. The van der Waals surface area contributed by atoms with Gasteiger partial charge in [-0.3, -0.25) is 37.3 Å². The highest BCUT2D eigenvalue weighted by atomic mass is 31.2. The predicted molar refractivity (Wildman–Crippen MR) is 278 cm³/mol. The highest BCUT2D eigenvalue weighted by Gasteiger charge is 2.45. The molecule has 0 aliphatic carbocycles. The Hall–Kier alpha value is -1.94. The number of carbonyl (C=O) groups excluding carboxylic acids is 4. The molecule has 0 spiro atoms. The fourth-order valence-corrected chi connectivity index (χ4v) is 12.1. The van der Waals surface area contributed by atoms with Crippen LogP contribution in [0.2, 0.25) is 0 Å². The fourth-order valence-electron chi connectivity index (χ4n) is 10.2. The first kappa shape index (κ1) is 68.6. The Balaban J connectivity index is 1.12. The van der Waals surface area contributed by atoms with Crippen LogP contribution in [0.5, 0.6) is 0 Å². The predicted octanol–water partition coefficient (Wildman–Crippen LogP) is 2.94. The van der Waals surface area contributed by atoms with Crippen LogP contribution in [-0.4, -0.2) is 211 Å². The summed E-state index contributed by atoms with van der Waals surface area (Å²) in [7, 11) is -9.33. The van der Waals surface area contributed by atoms with E-state index in [1.807, 2.05) is 0 Å². The molecule has 0 aromatic carbocycles. The van der Waals surface area contributed by atoms with Crippen LogP contribution >= 0.6 is 15.6 Å². The van der Waals surface area contributed by atoms with Gasteiger partial charge in [-0.15, -0.1) is 0 Å². The summed E-state index contributed by atoms with van der Waals surface area (Å²) in [6.45, 7) is 5.13. The van der Waals surface area contributed by atoms with Crippen molar-refractivity contribution in [2.24, 2.45) is 11.8 Å². The minimum Gasteiger partial charge on any atom is -0.394 e. The molecule has 25 nitrogen and oxygen atoms in total. The van der Waals surface area contributed by atoms with Gasteiger partial charge in [0.25, 0.3) is 0 Å². The second-order valence-electron chi connectivity index (χ2n) is 21.6. The van der Waals surface area contributed by atoms with E-state index in [1.165, 1.54) is 9.80 Å². The van der Waals surface area contributed by atoms with E-state index < -0.39 is 134 Å². The van der Waals surface area contributed by atoms with E-state index in [1.54, 1.807) is 27.7 Å². The molecule has 0 aromatic rings. The van der Waals surface area contributed by atoms with E-state index >= 15 is 0 Å². The van der Waals surface area contributed by atoms with E-state index in [9.17, 15) is 73.8 Å². The topological polar surface area (TPSA) is 365 Å². The van der Waals surface area contributed by atoms with E-state index in [0.717, 1.165) is 6.42 Å². The smallest absolute Gasteiger partial charge is 0.394 e. The number of phosphoric ester groups is 2. The van der Waals surface area contributed by atoms with Gasteiger partial charge in [0.1, 0.15) is 36.0 Å². The molecule has 4 heterocycles. The minimum atomic E-state index is -4.81. The zero-order chi connectivity index (χ0) is 57.6. The maximum Gasteiger partial charge on any atom is 0.472 e. The molecule has 0 saturated carbocycles. The van der Waals surface area contributed by atoms with E-state index in [4.69, 9.17) is 37.0 Å². The molecule has 4 saturated heterocycles. The number of aliphatic hydroxyl groups is 7. The van der Waals surface area contributed by atoms with E-state index in [2.05, 4.69) is 0 Å². The van der Waals surface area contributed by atoms with Gasteiger partial charge in [0, 0.05) is 76.7 Å². The van der Waals surface area contributed by atoms with Crippen molar-refractivity contribution in [2.45, 2.75) is 236 Å². The zero-order valence-electron chi connectivity index (χ0n) is 46.0. The lowest BCUT2D eigenvalue weighted by atomic mass is 9.92. The van der Waals surface area contributed by atoms with Crippen LogP contribution in [0.3, 0.4) is 0 Å². The second kappa shape index (κ2) is 34.6. The highest BCUT2D eigenvalue weighted by Crippen LogP contribution is 2.49. The van der Waals surface area contributed by atoms with Crippen LogP contribution in [0.1, 0.15) is 156 Å². The number of hydrogen-bond acceptors (Lipinski definition) is 21. The number of ether oxygens (including phenoxy) is 4. The van der Waals surface area contributed by atoms with Crippen LogP contribution < -0.4 is 0 Å². The Kier molecular flexibility index (Phi) is 30.4. The number of rotatable bonds is 38. The molecule has 4 fully saturated rings. The van der Waals surface area contributed by atoms with Crippen molar-refractivity contribution in [3.63, 3.8) is 0 Å². The Morgan fingerprint density at radius 2 is 0.949 bits per heavy atom. The number of hydrogen-bond donors (Lipinski definition) is 9. The van der Waals surface area contributed by atoms with Crippen LogP contribution in [0, 0.1) is 11.8 Å². The zero-order valence-corrected chi connectivity index (χ0v) is 47.8. The summed E-state index contributed by atoms with van der Waals surface area (Å²) < 4.78 is 69.6. The second-order valence-corrected chi connectivity index (χ2v) is 24.4. The first-order valence-electron chi connectivity index (χ1n) is 28.1. The Labute approximate surface area is 458 Å². The van der Waals surface area contributed by atoms with Crippen LogP contribution in [0.25, 0.3) is 0 Å². The fraction of sp³-hybridized carbons (Fsp3) is 0.922. The van der Waals surface area contributed by atoms with Gasteiger partial charge in [-0.1, -0.05) is 39.5 Å². The lowest BCUT2D eigenvalue weighted by Crippen LogP contribution is -2.55. The number of likely N-dealkylation sites (tertiary alicyclic amines) is 2.